The normalized spacial score (nSPS) is 13.4. The van der Waals surface area contributed by atoms with Gasteiger partial charge in [-0.05, 0) is 17.7 Å². The van der Waals surface area contributed by atoms with Gasteiger partial charge in [-0.15, -0.1) is 0 Å². The molecule has 3 heterocycles. The fourth-order valence-corrected chi connectivity index (χ4v) is 5.20. The first-order valence-electron chi connectivity index (χ1n) is 12.9. The zero-order valence-electron chi connectivity index (χ0n) is 22.1. The van der Waals surface area contributed by atoms with Crippen LogP contribution in [0.1, 0.15) is 28.8 Å². The lowest BCUT2D eigenvalue weighted by Crippen LogP contribution is -2.50. The molecule has 0 unspecified atom stereocenters. The summed E-state index contributed by atoms with van der Waals surface area (Å²) in [6, 6.07) is 25.9. The van der Waals surface area contributed by atoms with Gasteiger partial charge in [-0.2, -0.15) is 0 Å². The van der Waals surface area contributed by atoms with Crippen molar-refractivity contribution in [1.82, 2.24) is 19.8 Å². The van der Waals surface area contributed by atoms with Gasteiger partial charge in [0.25, 0.3) is 5.91 Å². The van der Waals surface area contributed by atoms with Crippen LogP contribution in [0.4, 0.5) is 5.82 Å². The molecule has 2 amide bonds. The predicted octanol–water partition coefficient (Wildman–Crippen LogP) is 4.97. The van der Waals surface area contributed by atoms with Gasteiger partial charge >= 0.3 is 0 Å². The summed E-state index contributed by atoms with van der Waals surface area (Å²) >= 11 is 1.47. The number of thioether (sulfide) groups is 1. The fraction of sp³-hybridized carbons (Fsp3) is 0.267. The van der Waals surface area contributed by atoms with Crippen molar-refractivity contribution in [3.05, 3.63) is 95.9 Å². The maximum atomic E-state index is 12.9. The molecule has 5 rings (SSSR count). The Morgan fingerprint density at radius 2 is 1.56 bits per heavy atom. The first-order valence-corrected chi connectivity index (χ1v) is 13.9. The molecule has 2 aromatic carbocycles. The zero-order valence-corrected chi connectivity index (χ0v) is 22.9. The van der Waals surface area contributed by atoms with E-state index in [0.717, 1.165) is 23.6 Å². The first-order chi connectivity index (χ1) is 19.0. The van der Waals surface area contributed by atoms with Gasteiger partial charge in [0, 0.05) is 58.3 Å². The quantitative estimate of drug-likeness (QED) is 0.230. The van der Waals surface area contributed by atoms with Crippen LogP contribution in [0, 0.1) is 0 Å². The molecule has 0 saturated carbocycles. The van der Waals surface area contributed by atoms with Crippen molar-refractivity contribution in [3.8, 4) is 11.3 Å². The topological polar surface area (TPSA) is 82.8 Å². The molecular formula is C30H31N5O3S. The second kappa shape index (κ2) is 12.2. The summed E-state index contributed by atoms with van der Waals surface area (Å²) < 4.78 is 5.91. The second-order valence-corrected chi connectivity index (χ2v) is 10.4. The van der Waals surface area contributed by atoms with E-state index in [0.29, 0.717) is 48.6 Å². The molecule has 1 aliphatic rings. The van der Waals surface area contributed by atoms with Gasteiger partial charge in [-0.1, -0.05) is 72.4 Å². The average Bonchev–Trinajstić information content (AvgIpc) is 3.46. The molecule has 0 N–H and O–H groups in total. The number of anilines is 1. The van der Waals surface area contributed by atoms with E-state index in [-0.39, 0.29) is 11.8 Å². The number of benzene rings is 2. The lowest BCUT2D eigenvalue weighted by molar-refractivity contribution is -0.130. The van der Waals surface area contributed by atoms with E-state index in [1.807, 2.05) is 67.7 Å². The standard InChI is InChI=1S/C30H31N5O3S/c1-22(36)34-15-17-35(18-16-34)29(37)27-14-13-25(38-27)21-39-30-31-26(24-11-7-4-8-12-24)19-28(32-30)33(2)20-23-9-5-3-6-10-23/h3-14,19H,15-18,20-21H2,1-2H3. The SMILES string of the molecule is CC(=O)N1CCN(C(=O)c2ccc(CSc3nc(-c4ccccc4)cc(N(C)Cc4ccccc4)n3)o2)CC1. The minimum Gasteiger partial charge on any atom is -0.455 e. The Labute approximate surface area is 232 Å². The Hall–Kier alpha value is -4.11. The summed E-state index contributed by atoms with van der Waals surface area (Å²) in [7, 11) is 2.03. The fourth-order valence-electron chi connectivity index (χ4n) is 4.45. The van der Waals surface area contributed by atoms with Gasteiger partial charge in [-0.25, -0.2) is 9.97 Å². The largest absolute Gasteiger partial charge is 0.455 e. The van der Waals surface area contributed by atoms with E-state index in [9.17, 15) is 9.59 Å². The van der Waals surface area contributed by atoms with Gasteiger partial charge in [0.05, 0.1) is 11.4 Å². The highest BCUT2D eigenvalue weighted by atomic mass is 32.2. The van der Waals surface area contributed by atoms with Gasteiger partial charge in [0.2, 0.25) is 5.91 Å². The van der Waals surface area contributed by atoms with Gasteiger partial charge in [0.1, 0.15) is 11.6 Å². The van der Waals surface area contributed by atoms with E-state index in [2.05, 4.69) is 17.0 Å². The third kappa shape index (κ3) is 6.67. The molecule has 1 aliphatic heterocycles. The number of rotatable bonds is 8. The number of piperazine rings is 1. The average molecular weight is 542 g/mol. The molecule has 1 fully saturated rings. The van der Waals surface area contributed by atoms with Gasteiger partial charge in [0.15, 0.2) is 10.9 Å². The Balaban J connectivity index is 1.29. The molecule has 0 aliphatic carbocycles. The van der Waals surface area contributed by atoms with Crippen molar-refractivity contribution in [3.63, 3.8) is 0 Å². The van der Waals surface area contributed by atoms with Crippen molar-refractivity contribution in [1.29, 1.82) is 0 Å². The molecule has 39 heavy (non-hydrogen) atoms. The Kier molecular flexibility index (Phi) is 8.27. The van der Waals surface area contributed by atoms with E-state index >= 15 is 0 Å². The summed E-state index contributed by atoms with van der Waals surface area (Å²) in [5.74, 6) is 2.19. The van der Waals surface area contributed by atoms with Crippen molar-refractivity contribution >= 4 is 29.4 Å². The molecule has 0 radical (unpaired) electrons. The van der Waals surface area contributed by atoms with Crippen LogP contribution in [0.15, 0.2) is 88.4 Å². The van der Waals surface area contributed by atoms with Crippen LogP contribution in [0.25, 0.3) is 11.3 Å². The van der Waals surface area contributed by atoms with Crippen LogP contribution in [0.5, 0.6) is 0 Å². The van der Waals surface area contributed by atoms with Gasteiger partial charge < -0.3 is 19.1 Å². The summed E-state index contributed by atoms with van der Waals surface area (Å²) in [6.45, 7) is 4.37. The minimum absolute atomic E-state index is 0.0346. The van der Waals surface area contributed by atoms with Crippen LogP contribution < -0.4 is 4.90 Å². The molecule has 200 valence electrons. The third-order valence-electron chi connectivity index (χ3n) is 6.64. The molecule has 0 spiro atoms. The molecule has 0 bridgehead atoms. The summed E-state index contributed by atoms with van der Waals surface area (Å²) in [5, 5.41) is 0.635. The van der Waals surface area contributed by atoms with Crippen LogP contribution in [-0.4, -0.2) is 64.8 Å². The number of amides is 2. The zero-order chi connectivity index (χ0) is 27.2. The van der Waals surface area contributed by atoms with Crippen molar-refractivity contribution in [2.24, 2.45) is 0 Å². The van der Waals surface area contributed by atoms with E-state index in [1.165, 1.54) is 17.3 Å². The number of nitrogens with zero attached hydrogens (tertiary/aromatic N) is 5. The maximum absolute atomic E-state index is 12.9. The molecule has 1 saturated heterocycles. The molecule has 4 aromatic rings. The summed E-state index contributed by atoms with van der Waals surface area (Å²) in [6.07, 6.45) is 0. The van der Waals surface area contributed by atoms with E-state index in [1.54, 1.807) is 22.8 Å². The Morgan fingerprint density at radius 3 is 2.26 bits per heavy atom. The number of hydrogen-bond donors (Lipinski definition) is 0. The highest BCUT2D eigenvalue weighted by molar-refractivity contribution is 7.98. The first kappa shape index (κ1) is 26.5. The monoisotopic (exact) mass is 541 g/mol. The van der Waals surface area contributed by atoms with Crippen LogP contribution >= 0.6 is 11.8 Å². The van der Waals surface area contributed by atoms with Gasteiger partial charge in [-0.3, -0.25) is 9.59 Å². The molecule has 2 aromatic heterocycles. The molecule has 0 atom stereocenters. The number of carbonyl (C=O) groups is 2. The maximum Gasteiger partial charge on any atom is 0.289 e. The summed E-state index contributed by atoms with van der Waals surface area (Å²) in [4.78, 5) is 39.8. The number of carbonyl (C=O) groups excluding carboxylic acids is 2. The van der Waals surface area contributed by atoms with Crippen LogP contribution in [0.2, 0.25) is 0 Å². The van der Waals surface area contributed by atoms with Crippen molar-refractivity contribution in [2.75, 3.05) is 38.1 Å². The molecule has 9 heteroatoms. The number of aromatic nitrogens is 2. The van der Waals surface area contributed by atoms with Crippen LogP contribution in [-0.2, 0) is 17.1 Å². The number of hydrogen-bond acceptors (Lipinski definition) is 7. The molecular weight excluding hydrogens is 510 g/mol. The Bertz CT molecular complexity index is 1420. The highest BCUT2D eigenvalue weighted by Gasteiger charge is 2.25. The smallest absolute Gasteiger partial charge is 0.289 e. The minimum atomic E-state index is -0.151. The highest BCUT2D eigenvalue weighted by Crippen LogP contribution is 2.28. The van der Waals surface area contributed by atoms with Crippen molar-refractivity contribution < 1.29 is 14.0 Å². The van der Waals surface area contributed by atoms with Crippen molar-refractivity contribution in [2.45, 2.75) is 24.4 Å². The number of furan rings is 1. The third-order valence-corrected chi connectivity index (χ3v) is 7.51. The summed E-state index contributed by atoms with van der Waals surface area (Å²) in [5.41, 5.74) is 3.07. The lowest BCUT2D eigenvalue weighted by atomic mass is 10.1. The molecule has 8 nitrogen and oxygen atoms in total. The van der Waals surface area contributed by atoms with E-state index in [4.69, 9.17) is 14.4 Å². The van der Waals surface area contributed by atoms with Crippen LogP contribution in [0.3, 0.4) is 0 Å². The Morgan fingerprint density at radius 1 is 0.897 bits per heavy atom. The predicted molar refractivity (Wildman–Crippen MR) is 152 cm³/mol. The lowest BCUT2D eigenvalue weighted by Gasteiger charge is -2.33. The second-order valence-electron chi connectivity index (χ2n) is 9.45. The van der Waals surface area contributed by atoms with E-state index < -0.39 is 0 Å².